The molecule has 120 valence electrons. The Bertz CT molecular complexity index is 681. The molecule has 2 amide bonds. The molecule has 6 nitrogen and oxygen atoms in total. The van der Waals surface area contributed by atoms with E-state index in [2.05, 4.69) is 10.3 Å². The molecule has 0 spiro atoms. The smallest absolute Gasteiger partial charge is 0.413 e. The van der Waals surface area contributed by atoms with Crippen molar-refractivity contribution >= 4 is 40.8 Å². The van der Waals surface area contributed by atoms with Crippen LogP contribution in [0.25, 0.3) is 6.08 Å². The Balaban J connectivity index is 1.94. The van der Waals surface area contributed by atoms with E-state index >= 15 is 0 Å². The predicted octanol–water partition coefficient (Wildman–Crippen LogP) is 3.39. The summed E-state index contributed by atoms with van der Waals surface area (Å²) in [4.78, 5) is 28.9. The van der Waals surface area contributed by atoms with Crippen LogP contribution in [0.1, 0.15) is 11.9 Å². The van der Waals surface area contributed by atoms with E-state index in [9.17, 15) is 9.59 Å². The van der Waals surface area contributed by atoms with Crippen LogP contribution in [0.5, 0.6) is 0 Å². The summed E-state index contributed by atoms with van der Waals surface area (Å²) < 4.78 is 4.92. The number of anilines is 2. The van der Waals surface area contributed by atoms with E-state index in [0.717, 1.165) is 5.01 Å². The summed E-state index contributed by atoms with van der Waals surface area (Å²) in [5, 5.41) is 5.35. The fourth-order valence-corrected chi connectivity index (χ4v) is 2.27. The molecule has 0 aliphatic carbocycles. The van der Waals surface area contributed by atoms with Gasteiger partial charge in [0.15, 0.2) is 0 Å². The number of carbonyl (C=O) groups is 2. The minimum Gasteiger partial charge on any atom is -0.449 e. The Hall–Kier alpha value is -2.67. The van der Waals surface area contributed by atoms with Crippen LogP contribution in [0.4, 0.5) is 16.2 Å². The number of nitrogens with one attached hydrogen (secondary N) is 1. The zero-order valence-corrected chi connectivity index (χ0v) is 13.7. The minimum absolute atomic E-state index is 0.244. The SMILES string of the molecule is CCOC(=O)N(C)c1ccc(NC(=O)/C=C/c2nccs2)cc1. The van der Waals surface area contributed by atoms with Crippen LogP contribution in [0.3, 0.4) is 0 Å². The number of aromatic nitrogens is 1. The van der Waals surface area contributed by atoms with E-state index < -0.39 is 6.09 Å². The van der Waals surface area contributed by atoms with Crippen molar-refractivity contribution in [3.8, 4) is 0 Å². The van der Waals surface area contributed by atoms with Crippen molar-refractivity contribution in [2.45, 2.75) is 6.92 Å². The van der Waals surface area contributed by atoms with Crippen LogP contribution < -0.4 is 10.2 Å². The second-order valence-corrected chi connectivity index (χ2v) is 5.42. The monoisotopic (exact) mass is 331 g/mol. The standard InChI is InChI=1S/C16H17N3O3S/c1-3-22-16(21)19(2)13-6-4-12(5-7-13)18-14(20)8-9-15-17-10-11-23-15/h4-11H,3H2,1-2H3,(H,18,20)/b9-8+. The normalized spacial score (nSPS) is 10.5. The molecule has 23 heavy (non-hydrogen) atoms. The third-order valence-corrected chi connectivity index (χ3v) is 3.63. The van der Waals surface area contributed by atoms with Crippen molar-refractivity contribution in [3.63, 3.8) is 0 Å². The van der Waals surface area contributed by atoms with Crippen molar-refractivity contribution in [2.24, 2.45) is 0 Å². The number of rotatable bonds is 5. The van der Waals surface area contributed by atoms with E-state index in [1.165, 1.54) is 22.3 Å². The second kappa shape index (κ2) is 8.09. The maximum atomic E-state index is 11.8. The summed E-state index contributed by atoms with van der Waals surface area (Å²) in [7, 11) is 1.63. The average Bonchev–Trinajstić information content (AvgIpc) is 3.07. The number of hydrogen-bond donors (Lipinski definition) is 1. The minimum atomic E-state index is -0.421. The molecule has 0 aliphatic heterocycles. The fraction of sp³-hybridized carbons (Fsp3) is 0.188. The highest BCUT2D eigenvalue weighted by Gasteiger charge is 2.11. The van der Waals surface area contributed by atoms with Crippen LogP contribution in [0.15, 0.2) is 41.9 Å². The first-order chi connectivity index (χ1) is 11.1. The third kappa shape index (κ3) is 4.93. The molecular weight excluding hydrogens is 314 g/mol. The Morgan fingerprint density at radius 3 is 2.70 bits per heavy atom. The largest absolute Gasteiger partial charge is 0.449 e. The van der Waals surface area contributed by atoms with Gasteiger partial charge in [-0.3, -0.25) is 9.69 Å². The highest BCUT2D eigenvalue weighted by molar-refractivity contribution is 7.10. The topological polar surface area (TPSA) is 71.5 Å². The van der Waals surface area contributed by atoms with Crippen molar-refractivity contribution < 1.29 is 14.3 Å². The Morgan fingerprint density at radius 1 is 1.35 bits per heavy atom. The molecule has 1 N–H and O–H groups in total. The van der Waals surface area contributed by atoms with E-state index in [1.54, 1.807) is 50.5 Å². The molecule has 7 heteroatoms. The van der Waals surface area contributed by atoms with E-state index in [0.29, 0.717) is 18.0 Å². The van der Waals surface area contributed by atoms with Crippen molar-refractivity contribution in [1.29, 1.82) is 0 Å². The lowest BCUT2D eigenvalue weighted by atomic mass is 10.2. The van der Waals surface area contributed by atoms with Crippen molar-refractivity contribution in [3.05, 3.63) is 46.9 Å². The predicted molar refractivity (Wildman–Crippen MR) is 91.6 cm³/mol. The van der Waals surface area contributed by atoms with Crippen molar-refractivity contribution in [1.82, 2.24) is 4.98 Å². The molecule has 0 saturated carbocycles. The van der Waals surface area contributed by atoms with E-state index in [4.69, 9.17) is 4.74 Å². The first kappa shape index (κ1) is 16.7. The van der Waals surface area contributed by atoms with Gasteiger partial charge in [-0.25, -0.2) is 9.78 Å². The van der Waals surface area contributed by atoms with Gasteiger partial charge in [-0.1, -0.05) is 0 Å². The van der Waals surface area contributed by atoms with Crippen LogP contribution in [-0.4, -0.2) is 30.6 Å². The molecular formula is C16H17N3O3S. The average molecular weight is 331 g/mol. The lowest BCUT2D eigenvalue weighted by molar-refractivity contribution is -0.111. The summed E-state index contributed by atoms with van der Waals surface area (Å²) in [6, 6.07) is 6.91. The molecule has 1 heterocycles. The number of benzene rings is 1. The van der Waals surface area contributed by atoms with E-state index in [-0.39, 0.29) is 5.91 Å². The molecule has 0 aliphatic rings. The van der Waals surface area contributed by atoms with Gasteiger partial charge in [0.05, 0.1) is 6.61 Å². The summed E-state index contributed by atoms with van der Waals surface area (Å²) in [6.07, 6.45) is 4.34. The van der Waals surface area contributed by atoms with Gasteiger partial charge in [-0.05, 0) is 37.3 Å². The van der Waals surface area contributed by atoms with Gasteiger partial charge in [0.25, 0.3) is 0 Å². The van der Waals surface area contributed by atoms with Crippen LogP contribution in [-0.2, 0) is 9.53 Å². The number of carbonyl (C=O) groups excluding carboxylic acids is 2. The lowest BCUT2D eigenvalue weighted by Crippen LogP contribution is -2.26. The summed E-state index contributed by atoms with van der Waals surface area (Å²) in [5.74, 6) is -0.244. The molecule has 2 rings (SSSR count). The third-order valence-electron chi connectivity index (χ3n) is 2.89. The quantitative estimate of drug-likeness (QED) is 0.853. The Labute approximate surface area is 138 Å². The maximum Gasteiger partial charge on any atom is 0.413 e. The molecule has 0 atom stereocenters. The van der Waals surface area contributed by atoms with Gasteiger partial charge in [-0.2, -0.15) is 0 Å². The van der Waals surface area contributed by atoms with Crippen LogP contribution in [0, 0.1) is 0 Å². The van der Waals surface area contributed by atoms with Crippen LogP contribution in [0.2, 0.25) is 0 Å². The maximum absolute atomic E-state index is 11.8. The number of nitrogens with zero attached hydrogens (tertiary/aromatic N) is 2. The number of ether oxygens (including phenoxy) is 1. The molecule has 0 radical (unpaired) electrons. The molecule has 0 saturated heterocycles. The summed E-state index contributed by atoms with van der Waals surface area (Å²) in [5.41, 5.74) is 1.32. The highest BCUT2D eigenvalue weighted by Crippen LogP contribution is 2.17. The molecule has 2 aromatic rings. The highest BCUT2D eigenvalue weighted by atomic mass is 32.1. The molecule has 0 unspecified atom stereocenters. The first-order valence-electron chi connectivity index (χ1n) is 6.99. The zero-order chi connectivity index (χ0) is 16.7. The number of amides is 2. The second-order valence-electron chi connectivity index (χ2n) is 4.50. The molecule has 0 bridgehead atoms. The summed E-state index contributed by atoms with van der Waals surface area (Å²) >= 11 is 1.46. The Kier molecular flexibility index (Phi) is 5.87. The van der Waals surface area contributed by atoms with Gasteiger partial charge in [0.1, 0.15) is 5.01 Å². The van der Waals surface area contributed by atoms with Gasteiger partial charge in [-0.15, -0.1) is 11.3 Å². The molecule has 0 fully saturated rings. The van der Waals surface area contributed by atoms with Gasteiger partial charge in [0.2, 0.25) is 5.91 Å². The Morgan fingerprint density at radius 2 is 2.09 bits per heavy atom. The van der Waals surface area contributed by atoms with E-state index in [1.807, 2.05) is 5.38 Å². The lowest BCUT2D eigenvalue weighted by Gasteiger charge is -2.16. The number of hydrogen-bond acceptors (Lipinski definition) is 5. The van der Waals surface area contributed by atoms with Gasteiger partial charge >= 0.3 is 6.09 Å². The van der Waals surface area contributed by atoms with Gasteiger partial charge in [0, 0.05) is 36.1 Å². The molecule has 1 aromatic carbocycles. The first-order valence-corrected chi connectivity index (χ1v) is 7.87. The van der Waals surface area contributed by atoms with Gasteiger partial charge < -0.3 is 10.1 Å². The molecule has 1 aromatic heterocycles. The fourth-order valence-electron chi connectivity index (χ4n) is 1.74. The summed E-state index contributed by atoms with van der Waals surface area (Å²) in [6.45, 7) is 2.08. The van der Waals surface area contributed by atoms with Crippen molar-refractivity contribution in [2.75, 3.05) is 23.9 Å². The number of thiazole rings is 1. The van der Waals surface area contributed by atoms with Crippen LogP contribution >= 0.6 is 11.3 Å². The zero-order valence-electron chi connectivity index (χ0n) is 12.9.